The van der Waals surface area contributed by atoms with Gasteiger partial charge in [0.25, 0.3) is 0 Å². The highest BCUT2D eigenvalue weighted by Gasteiger charge is 2.25. The van der Waals surface area contributed by atoms with Crippen molar-refractivity contribution < 1.29 is 19.4 Å². The van der Waals surface area contributed by atoms with E-state index in [2.05, 4.69) is 11.1 Å². The maximum atomic E-state index is 12.1. The summed E-state index contributed by atoms with van der Waals surface area (Å²) in [5.74, 6) is -0.686. The quantitative estimate of drug-likeness (QED) is 0.736. The van der Waals surface area contributed by atoms with Gasteiger partial charge in [0.2, 0.25) is 0 Å². The Morgan fingerprint density at radius 2 is 2.12 bits per heavy atom. The van der Waals surface area contributed by atoms with Gasteiger partial charge in [0, 0.05) is 17.1 Å². The van der Waals surface area contributed by atoms with Crippen molar-refractivity contribution in [2.45, 2.75) is 19.1 Å². The number of esters is 1. The van der Waals surface area contributed by atoms with Crippen LogP contribution in [-0.4, -0.2) is 29.8 Å². The number of nitrogens with zero attached hydrogens (tertiary/aromatic N) is 1. The van der Waals surface area contributed by atoms with Crippen LogP contribution in [0.4, 0.5) is 0 Å². The fraction of sp³-hybridized carbons (Fsp3) is 0.238. The lowest BCUT2D eigenvalue weighted by Gasteiger charge is -2.20. The van der Waals surface area contributed by atoms with Crippen molar-refractivity contribution in [3.05, 3.63) is 65.4 Å². The third-order valence-corrected chi connectivity index (χ3v) is 4.82. The molecular formula is C21H19NO4. The molecule has 1 aliphatic rings. The first-order valence-corrected chi connectivity index (χ1v) is 8.52. The van der Waals surface area contributed by atoms with Gasteiger partial charge in [-0.2, -0.15) is 0 Å². The van der Waals surface area contributed by atoms with Crippen molar-refractivity contribution in [3.63, 3.8) is 0 Å². The number of ether oxygens (including phenoxy) is 2. The Morgan fingerprint density at radius 3 is 2.96 bits per heavy atom. The predicted octanol–water partition coefficient (Wildman–Crippen LogP) is 3.18. The first kappa shape index (κ1) is 16.7. The monoisotopic (exact) mass is 349 g/mol. The highest BCUT2D eigenvalue weighted by atomic mass is 16.5. The summed E-state index contributed by atoms with van der Waals surface area (Å²) in [6, 6.07) is 13.6. The number of benzene rings is 2. The van der Waals surface area contributed by atoms with Crippen LogP contribution in [0.1, 0.15) is 22.8 Å². The van der Waals surface area contributed by atoms with E-state index < -0.39 is 12.1 Å². The number of hydrogen-bond acceptors (Lipinski definition) is 5. The molecule has 0 amide bonds. The summed E-state index contributed by atoms with van der Waals surface area (Å²) in [7, 11) is 1.27. The van der Waals surface area contributed by atoms with Gasteiger partial charge in [-0.25, -0.2) is 4.79 Å². The zero-order chi connectivity index (χ0) is 18.1. The number of aromatic nitrogens is 1. The van der Waals surface area contributed by atoms with Gasteiger partial charge in [-0.05, 0) is 40.8 Å². The molecule has 26 heavy (non-hydrogen) atoms. The minimum Gasteiger partial charge on any atom is -0.467 e. The van der Waals surface area contributed by atoms with E-state index in [1.165, 1.54) is 18.2 Å². The van der Waals surface area contributed by atoms with E-state index in [9.17, 15) is 9.90 Å². The van der Waals surface area contributed by atoms with E-state index in [4.69, 9.17) is 9.47 Å². The normalized spacial score (nSPS) is 14.7. The number of rotatable bonds is 3. The molecule has 1 unspecified atom stereocenters. The van der Waals surface area contributed by atoms with Gasteiger partial charge in [0.05, 0.1) is 25.8 Å². The summed E-state index contributed by atoms with van der Waals surface area (Å²) in [4.78, 5) is 16.4. The lowest BCUT2D eigenvalue weighted by molar-refractivity contribution is -0.150. The maximum absolute atomic E-state index is 12.1. The fourth-order valence-electron chi connectivity index (χ4n) is 3.48. The molecule has 0 fully saturated rings. The first-order chi connectivity index (χ1) is 12.7. The molecule has 5 nitrogen and oxygen atoms in total. The van der Waals surface area contributed by atoms with Crippen LogP contribution in [0.25, 0.3) is 22.0 Å². The summed E-state index contributed by atoms with van der Waals surface area (Å²) in [5, 5.41) is 11.4. The number of methoxy groups -OCH3 is 1. The number of aliphatic hydroxyl groups is 1. The molecule has 0 radical (unpaired) electrons. The number of carbonyl (C=O) groups excluding carboxylic acids is 1. The summed E-state index contributed by atoms with van der Waals surface area (Å²) < 4.78 is 10.3. The largest absolute Gasteiger partial charge is 0.467 e. The highest BCUT2D eigenvalue weighted by molar-refractivity contribution is 5.94. The zero-order valence-corrected chi connectivity index (χ0v) is 14.4. The summed E-state index contributed by atoms with van der Waals surface area (Å²) >= 11 is 0. The predicted molar refractivity (Wildman–Crippen MR) is 97.5 cm³/mol. The number of carbonyl (C=O) groups is 1. The molecule has 4 rings (SSSR count). The molecule has 0 aliphatic carbocycles. The highest BCUT2D eigenvalue weighted by Crippen LogP contribution is 2.36. The molecule has 132 valence electrons. The zero-order valence-electron chi connectivity index (χ0n) is 14.4. The topological polar surface area (TPSA) is 68.7 Å². The van der Waals surface area contributed by atoms with Crippen molar-refractivity contribution in [1.82, 2.24) is 4.98 Å². The standard InChI is InChI=1S/C21H19NO4/c1-25-21(24)20(23)19-16(6-7-18-17(19)3-2-9-22-18)14-4-5-15-12-26-10-8-13(15)11-14/h2-7,9,11,20,23H,8,10,12H2,1H3. The molecule has 1 N–H and O–H groups in total. The SMILES string of the molecule is COC(=O)C(O)c1c(-c2ccc3c(c2)CCOC3)ccc2ncccc12. The molecule has 1 atom stereocenters. The number of fused-ring (bicyclic) bond motifs is 2. The molecule has 3 aromatic rings. The van der Waals surface area contributed by atoms with E-state index in [0.29, 0.717) is 18.8 Å². The lowest BCUT2D eigenvalue weighted by Crippen LogP contribution is -2.15. The fourth-order valence-corrected chi connectivity index (χ4v) is 3.48. The maximum Gasteiger partial charge on any atom is 0.339 e. The Kier molecular flexibility index (Phi) is 4.41. The Labute approximate surface area is 151 Å². The van der Waals surface area contributed by atoms with Crippen molar-refractivity contribution in [2.75, 3.05) is 13.7 Å². The third-order valence-electron chi connectivity index (χ3n) is 4.82. The van der Waals surface area contributed by atoms with Gasteiger partial charge in [0.1, 0.15) is 0 Å². The molecule has 5 heteroatoms. The lowest BCUT2D eigenvalue weighted by atomic mass is 9.90. The average molecular weight is 349 g/mol. The minimum atomic E-state index is -1.37. The Bertz CT molecular complexity index is 983. The van der Waals surface area contributed by atoms with E-state index in [-0.39, 0.29) is 0 Å². The van der Waals surface area contributed by atoms with Gasteiger partial charge < -0.3 is 14.6 Å². The van der Waals surface area contributed by atoms with Crippen LogP contribution in [0.5, 0.6) is 0 Å². The van der Waals surface area contributed by atoms with Gasteiger partial charge >= 0.3 is 5.97 Å². The Balaban J connectivity index is 1.93. The van der Waals surface area contributed by atoms with Crippen molar-refractivity contribution >= 4 is 16.9 Å². The molecule has 0 spiro atoms. The summed E-state index contributed by atoms with van der Waals surface area (Å²) in [6.07, 6.45) is 1.17. The first-order valence-electron chi connectivity index (χ1n) is 8.52. The number of pyridine rings is 1. The molecule has 0 saturated carbocycles. The van der Waals surface area contributed by atoms with Crippen LogP contribution in [-0.2, 0) is 27.3 Å². The van der Waals surface area contributed by atoms with E-state index in [1.807, 2.05) is 30.3 Å². The van der Waals surface area contributed by atoms with E-state index >= 15 is 0 Å². The molecule has 2 heterocycles. The van der Waals surface area contributed by atoms with Crippen LogP contribution < -0.4 is 0 Å². The van der Waals surface area contributed by atoms with Crippen LogP contribution in [0.2, 0.25) is 0 Å². The molecule has 2 aromatic carbocycles. The van der Waals surface area contributed by atoms with E-state index in [0.717, 1.165) is 28.5 Å². The second-order valence-corrected chi connectivity index (χ2v) is 6.31. The van der Waals surface area contributed by atoms with Crippen LogP contribution >= 0.6 is 0 Å². The smallest absolute Gasteiger partial charge is 0.339 e. The summed E-state index contributed by atoms with van der Waals surface area (Å²) in [6.45, 7) is 1.32. The second-order valence-electron chi connectivity index (χ2n) is 6.31. The molecule has 1 aliphatic heterocycles. The minimum absolute atomic E-state index is 0.523. The number of aliphatic hydroxyl groups excluding tert-OH is 1. The molecule has 0 saturated heterocycles. The Morgan fingerprint density at radius 1 is 1.23 bits per heavy atom. The van der Waals surface area contributed by atoms with Crippen LogP contribution in [0, 0.1) is 0 Å². The van der Waals surface area contributed by atoms with Gasteiger partial charge in [0.15, 0.2) is 6.10 Å². The van der Waals surface area contributed by atoms with Gasteiger partial charge in [-0.15, -0.1) is 0 Å². The molecular weight excluding hydrogens is 330 g/mol. The van der Waals surface area contributed by atoms with Gasteiger partial charge in [-0.3, -0.25) is 4.98 Å². The Hall–Kier alpha value is -2.76. The second kappa shape index (κ2) is 6.86. The van der Waals surface area contributed by atoms with Gasteiger partial charge in [-0.1, -0.05) is 30.3 Å². The average Bonchev–Trinajstić information content (AvgIpc) is 2.71. The van der Waals surface area contributed by atoms with Crippen molar-refractivity contribution in [2.24, 2.45) is 0 Å². The van der Waals surface area contributed by atoms with Crippen LogP contribution in [0.3, 0.4) is 0 Å². The van der Waals surface area contributed by atoms with Crippen molar-refractivity contribution in [3.8, 4) is 11.1 Å². The van der Waals surface area contributed by atoms with Crippen molar-refractivity contribution in [1.29, 1.82) is 0 Å². The third kappa shape index (κ3) is 2.85. The van der Waals surface area contributed by atoms with E-state index in [1.54, 1.807) is 12.3 Å². The molecule has 1 aromatic heterocycles. The summed E-state index contributed by atoms with van der Waals surface area (Å²) in [5.41, 5.74) is 5.41. The number of hydrogen-bond donors (Lipinski definition) is 1. The molecule has 0 bridgehead atoms. The van der Waals surface area contributed by atoms with Crippen LogP contribution in [0.15, 0.2) is 48.7 Å².